The molecule has 1 N–H and O–H groups in total. The monoisotopic (exact) mass is 346 g/mol. The van der Waals surface area contributed by atoms with Gasteiger partial charge >= 0.3 is 0 Å². The van der Waals surface area contributed by atoms with Gasteiger partial charge in [-0.2, -0.15) is 0 Å². The fourth-order valence-electron chi connectivity index (χ4n) is 3.22. The van der Waals surface area contributed by atoms with Crippen LogP contribution in [0.3, 0.4) is 0 Å². The lowest BCUT2D eigenvalue weighted by molar-refractivity contribution is -0.133. The molecule has 0 spiro atoms. The first-order valence-corrected chi connectivity index (χ1v) is 9.18. The summed E-state index contributed by atoms with van der Waals surface area (Å²) < 4.78 is 5.52. The summed E-state index contributed by atoms with van der Waals surface area (Å²) in [5.41, 5.74) is 2.33. The third-order valence-electron chi connectivity index (χ3n) is 4.43. The normalized spacial score (nSPS) is 16.6. The van der Waals surface area contributed by atoms with Gasteiger partial charge in [-0.3, -0.25) is 9.59 Å². The van der Waals surface area contributed by atoms with Crippen LogP contribution in [0, 0.1) is 5.92 Å². The molecular formula is C20H30N2O3. The number of ether oxygens (including phenoxy) is 1. The molecule has 5 heteroatoms. The van der Waals surface area contributed by atoms with Crippen molar-refractivity contribution in [1.29, 1.82) is 0 Å². The summed E-state index contributed by atoms with van der Waals surface area (Å²) in [7, 11) is 0. The Labute approximate surface area is 150 Å². The summed E-state index contributed by atoms with van der Waals surface area (Å²) in [4.78, 5) is 26.1. The average molecular weight is 346 g/mol. The minimum Gasteiger partial charge on any atom is -0.381 e. The van der Waals surface area contributed by atoms with Crippen LogP contribution in [0.1, 0.15) is 50.8 Å². The van der Waals surface area contributed by atoms with Crippen molar-refractivity contribution in [2.75, 3.05) is 26.3 Å². The Kier molecular flexibility index (Phi) is 7.44. The molecule has 1 aromatic carbocycles. The van der Waals surface area contributed by atoms with Crippen LogP contribution in [0.25, 0.3) is 0 Å². The minimum atomic E-state index is -0.167. The first kappa shape index (κ1) is 19.4. The highest BCUT2D eigenvalue weighted by atomic mass is 16.5. The fraction of sp³-hybridized carbons (Fsp3) is 0.600. The van der Waals surface area contributed by atoms with E-state index >= 15 is 0 Å². The fourth-order valence-corrected chi connectivity index (χ4v) is 3.22. The Morgan fingerprint density at radius 2 is 2.08 bits per heavy atom. The van der Waals surface area contributed by atoms with Gasteiger partial charge in [-0.25, -0.2) is 0 Å². The summed E-state index contributed by atoms with van der Waals surface area (Å²) in [6.07, 6.45) is 1.96. The molecule has 1 unspecified atom stereocenters. The van der Waals surface area contributed by atoms with Gasteiger partial charge in [0.05, 0.1) is 12.5 Å². The van der Waals surface area contributed by atoms with Crippen LogP contribution < -0.4 is 5.32 Å². The van der Waals surface area contributed by atoms with Crippen LogP contribution in [0.4, 0.5) is 0 Å². The molecule has 0 fully saturated rings. The molecule has 1 aliphatic heterocycles. The van der Waals surface area contributed by atoms with E-state index in [4.69, 9.17) is 4.74 Å². The lowest BCUT2D eigenvalue weighted by Crippen LogP contribution is -2.41. The SMILES string of the molecule is CC(=O)N1CCc2ccccc2C1CC(=O)NCCCOCC(C)C. The molecule has 0 saturated heterocycles. The molecule has 0 aromatic heterocycles. The van der Waals surface area contributed by atoms with E-state index in [9.17, 15) is 9.59 Å². The van der Waals surface area contributed by atoms with E-state index in [1.165, 1.54) is 5.56 Å². The molecule has 1 atom stereocenters. The molecule has 1 heterocycles. The predicted molar refractivity (Wildman–Crippen MR) is 98.2 cm³/mol. The molecule has 2 rings (SSSR count). The number of fused-ring (bicyclic) bond motifs is 1. The second kappa shape index (κ2) is 9.56. The number of carbonyl (C=O) groups is 2. The van der Waals surface area contributed by atoms with E-state index in [1.54, 1.807) is 6.92 Å². The molecule has 1 aliphatic rings. The van der Waals surface area contributed by atoms with Crippen LogP contribution in [0.2, 0.25) is 0 Å². The molecule has 138 valence electrons. The molecule has 1 aromatic rings. The Balaban J connectivity index is 1.86. The molecule has 0 radical (unpaired) electrons. The third-order valence-corrected chi connectivity index (χ3v) is 4.43. The lowest BCUT2D eigenvalue weighted by atomic mass is 9.90. The highest BCUT2D eigenvalue weighted by molar-refractivity contribution is 5.79. The Morgan fingerprint density at radius 3 is 2.80 bits per heavy atom. The standard InChI is InChI=1S/C20H30N2O3/c1-15(2)14-25-12-6-10-21-20(24)13-19-18-8-5-4-7-17(18)9-11-22(19)16(3)23/h4-5,7-8,15,19H,6,9-14H2,1-3H3,(H,21,24). The van der Waals surface area contributed by atoms with E-state index in [2.05, 4.69) is 25.2 Å². The number of benzene rings is 1. The van der Waals surface area contributed by atoms with Crippen molar-refractivity contribution in [2.24, 2.45) is 5.92 Å². The number of amides is 2. The summed E-state index contributed by atoms with van der Waals surface area (Å²) in [5, 5.41) is 2.95. The van der Waals surface area contributed by atoms with Crippen LogP contribution in [-0.4, -0.2) is 43.0 Å². The summed E-state index contributed by atoms with van der Waals surface area (Å²) in [6.45, 7) is 8.49. The smallest absolute Gasteiger partial charge is 0.222 e. The maximum absolute atomic E-state index is 12.3. The molecular weight excluding hydrogens is 316 g/mol. The topological polar surface area (TPSA) is 58.6 Å². The third kappa shape index (κ3) is 5.85. The molecule has 5 nitrogen and oxygen atoms in total. The predicted octanol–water partition coefficient (Wildman–Crippen LogP) is 2.70. The number of hydrogen-bond acceptors (Lipinski definition) is 3. The van der Waals surface area contributed by atoms with Crippen molar-refractivity contribution in [3.8, 4) is 0 Å². The van der Waals surface area contributed by atoms with E-state index in [1.807, 2.05) is 23.1 Å². The van der Waals surface area contributed by atoms with Crippen LogP contribution in [0.5, 0.6) is 0 Å². The quantitative estimate of drug-likeness (QED) is 0.736. The van der Waals surface area contributed by atoms with E-state index < -0.39 is 0 Å². The van der Waals surface area contributed by atoms with Crippen molar-refractivity contribution in [3.05, 3.63) is 35.4 Å². The number of carbonyl (C=O) groups excluding carboxylic acids is 2. The Bertz CT molecular complexity index is 586. The van der Waals surface area contributed by atoms with Gasteiger partial charge < -0.3 is 15.0 Å². The number of rotatable bonds is 8. The zero-order chi connectivity index (χ0) is 18.2. The van der Waals surface area contributed by atoms with Gasteiger partial charge in [-0.15, -0.1) is 0 Å². The molecule has 0 saturated carbocycles. The van der Waals surface area contributed by atoms with Gasteiger partial charge in [0.25, 0.3) is 0 Å². The van der Waals surface area contributed by atoms with E-state index in [0.29, 0.717) is 32.0 Å². The van der Waals surface area contributed by atoms with Gasteiger partial charge in [0, 0.05) is 33.2 Å². The van der Waals surface area contributed by atoms with Gasteiger partial charge in [-0.05, 0) is 29.9 Å². The number of hydrogen-bond donors (Lipinski definition) is 1. The molecule has 0 bridgehead atoms. The summed E-state index contributed by atoms with van der Waals surface area (Å²) in [5.74, 6) is 0.532. The molecule has 0 aliphatic carbocycles. The Morgan fingerprint density at radius 1 is 1.32 bits per heavy atom. The van der Waals surface area contributed by atoms with Gasteiger partial charge in [0.1, 0.15) is 0 Å². The first-order valence-electron chi connectivity index (χ1n) is 9.18. The van der Waals surface area contributed by atoms with Crippen molar-refractivity contribution in [1.82, 2.24) is 10.2 Å². The van der Waals surface area contributed by atoms with Crippen LogP contribution in [0.15, 0.2) is 24.3 Å². The largest absolute Gasteiger partial charge is 0.381 e. The summed E-state index contributed by atoms with van der Waals surface area (Å²) in [6, 6.07) is 7.93. The zero-order valence-electron chi connectivity index (χ0n) is 15.6. The van der Waals surface area contributed by atoms with Crippen molar-refractivity contribution in [3.63, 3.8) is 0 Å². The molecule has 2 amide bonds. The van der Waals surface area contributed by atoms with E-state index in [0.717, 1.165) is 25.0 Å². The van der Waals surface area contributed by atoms with Crippen molar-refractivity contribution in [2.45, 2.75) is 46.1 Å². The lowest BCUT2D eigenvalue weighted by Gasteiger charge is -2.36. The maximum Gasteiger partial charge on any atom is 0.222 e. The van der Waals surface area contributed by atoms with Crippen LogP contribution in [-0.2, 0) is 20.7 Å². The van der Waals surface area contributed by atoms with Gasteiger partial charge in [0.2, 0.25) is 11.8 Å². The number of nitrogens with one attached hydrogen (secondary N) is 1. The Hall–Kier alpha value is -1.88. The highest BCUT2D eigenvalue weighted by Crippen LogP contribution is 2.32. The average Bonchev–Trinajstić information content (AvgIpc) is 2.57. The van der Waals surface area contributed by atoms with E-state index in [-0.39, 0.29) is 17.9 Å². The van der Waals surface area contributed by atoms with Crippen molar-refractivity contribution < 1.29 is 14.3 Å². The first-order chi connectivity index (χ1) is 12.0. The highest BCUT2D eigenvalue weighted by Gasteiger charge is 2.30. The maximum atomic E-state index is 12.3. The van der Waals surface area contributed by atoms with Gasteiger partial charge in [0.15, 0.2) is 0 Å². The zero-order valence-corrected chi connectivity index (χ0v) is 15.6. The summed E-state index contributed by atoms with van der Waals surface area (Å²) >= 11 is 0. The molecule has 25 heavy (non-hydrogen) atoms. The number of nitrogens with zero attached hydrogens (tertiary/aromatic N) is 1. The van der Waals surface area contributed by atoms with Crippen molar-refractivity contribution >= 4 is 11.8 Å². The second-order valence-corrected chi connectivity index (χ2v) is 7.05. The van der Waals surface area contributed by atoms with Gasteiger partial charge in [-0.1, -0.05) is 38.1 Å². The minimum absolute atomic E-state index is 0.0168. The second-order valence-electron chi connectivity index (χ2n) is 7.05. The van der Waals surface area contributed by atoms with Crippen LogP contribution >= 0.6 is 0 Å².